The Morgan fingerprint density at radius 3 is 2.58 bits per heavy atom. The first-order valence-electron chi connectivity index (χ1n) is 7.24. The van der Waals surface area contributed by atoms with Crippen molar-refractivity contribution in [1.82, 2.24) is 5.32 Å². The second kappa shape index (κ2) is 6.00. The molecule has 106 valence electrons. The van der Waals surface area contributed by atoms with Gasteiger partial charge in [-0.1, -0.05) is 19.9 Å². The molecule has 1 N–H and O–H groups in total. The maximum Gasteiger partial charge on any atom is 0.133 e. The van der Waals surface area contributed by atoms with Crippen LogP contribution in [0.1, 0.15) is 50.3 Å². The molecular formula is C16H23F2N. The van der Waals surface area contributed by atoms with E-state index in [4.69, 9.17) is 0 Å². The molecule has 2 atom stereocenters. The second-order valence-corrected chi connectivity index (χ2v) is 5.72. The average Bonchev–Trinajstić information content (AvgIpc) is 3.21. The Morgan fingerprint density at radius 2 is 2.00 bits per heavy atom. The maximum absolute atomic E-state index is 14.3. The lowest BCUT2D eigenvalue weighted by atomic mass is 9.89. The second-order valence-electron chi connectivity index (χ2n) is 5.72. The Morgan fingerprint density at radius 1 is 1.32 bits per heavy atom. The van der Waals surface area contributed by atoms with Crippen molar-refractivity contribution in [2.24, 2.45) is 11.8 Å². The molecule has 0 heterocycles. The van der Waals surface area contributed by atoms with Gasteiger partial charge in [-0.25, -0.2) is 8.78 Å². The third kappa shape index (κ3) is 3.14. The van der Waals surface area contributed by atoms with Crippen LogP contribution in [0.4, 0.5) is 8.78 Å². The summed E-state index contributed by atoms with van der Waals surface area (Å²) in [7, 11) is 0. The zero-order valence-corrected chi connectivity index (χ0v) is 12.0. The van der Waals surface area contributed by atoms with Crippen molar-refractivity contribution in [3.05, 3.63) is 34.9 Å². The predicted octanol–water partition coefficient (Wildman–Crippen LogP) is 4.36. The lowest BCUT2D eigenvalue weighted by molar-refractivity contribution is 0.329. The summed E-state index contributed by atoms with van der Waals surface area (Å²) in [5, 5.41) is 3.34. The summed E-state index contributed by atoms with van der Waals surface area (Å²) in [6, 6.07) is 2.67. The van der Waals surface area contributed by atoms with Crippen molar-refractivity contribution in [2.75, 3.05) is 6.54 Å². The van der Waals surface area contributed by atoms with E-state index in [2.05, 4.69) is 19.2 Å². The summed E-state index contributed by atoms with van der Waals surface area (Å²) < 4.78 is 28.4. The molecule has 2 rings (SSSR count). The number of benzene rings is 1. The van der Waals surface area contributed by atoms with Gasteiger partial charge in [0.2, 0.25) is 0 Å². The molecule has 1 nitrogen and oxygen atoms in total. The van der Waals surface area contributed by atoms with Gasteiger partial charge in [0.15, 0.2) is 0 Å². The molecule has 1 aliphatic rings. The van der Waals surface area contributed by atoms with E-state index in [0.29, 0.717) is 11.5 Å². The quantitative estimate of drug-likeness (QED) is 0.807. The van der Waals surface area contributed by atoms with Crippen molar-refractivity contribution in [2.45, 2.75) is 46.1 Å². The van der Waals surface area contributed by atoms with Crippen LogP contribution in [-0.2, 0) is 0 Å². The summed E-state index contributed by atoms with van der Waals surface area (Å²) >= 11 is 0. The van der Waals surface area contributed by atoms with Crippen LogP contribution < -0.4 is 5.32 Å². The van der Waals surface area contributed by atoms with Gasteiger partial charge >= 0.3 is 0 Å². The fourth-order valence-corrected chi connectivity index (χ4v) is 2.71. The molecule has 0 aromatic heterocycles. The third-order valence-corrected chi connectivity index (χ3v) is 4.14. The van der Waals surface area contributed by atoms with Gasteiger partial charge in [-0.15, -0.1) is 0 Å². The first-order chi connectivity index (χ1) is 9.06. The number of nitrogens with one attached hydrogen (secondary N) is 1. The van der Waals surface area contributed by atoms with Gasteiger partial charge in [0.25, 0.3) is 0 Å². The number of hydrogen-bond donors (Lipinski definition) is 1. The smallest absolute Gasteiger partial charge is 0.133 e. The Hall–Kier alpha value is -0.960. The first-order valence-corrected chi connectivity index (χ1v) is 7.24. The van der Waals surface area contributed by atoms with E-state index in [1.165, 1.54) is 25.0 Å². The van der Waals surface area contributed by atoms with Crippen molar-refractivity contribution in [3.63, 3.8) is 0 Å². The molecule has 3 heteroatoms. The topological polar surface area (TPSA) is 12.0 Å². The predicted molar refractivity (Wildman–Crippen MR) is 74.0 cm³/mol. The van der Waals surface area contributed by atoms with Crippen LogP contribution in [0.25, 0.3) is 0 Å². The zero-order valence-electron chi connectivity index (χ0n) is 12.0. The fraction of sp³-hybridized carbons (Fsp3) is 0.625. The van der Waals surface area contributed by atoms with Crippen LogP contribution in [0.5, 0.6) is 0 Å². The molecule has 0 radical (unpaired) electrons. The Labute approximate surface area is 114 Å². The molecule has 19 heavy (non-hydrogen) atoms. The standard InChI is InChI=1S/C16H23F2N/c1-4-9-19-16(11(3)12-6-7-12)14-13(17)8-5-10(2)15(14)18/h5,8,11-12,16,19H,4,6-7,9H2,1-3H3. The maximum atomic E-state index is 14.3. The summed E-state index contributed by atoms with van der Waals surface area (Å²) in [5.74, 6) is 0.0660. The molecule has 0 aliphatic heterocycles. The molecule has 1 saturated carbocycles. The van der Waals surface area contributed by atoms with Crippen LogP contribution in [0, 0.1) is 30.4 Å². The van der Waals surface area contributed by atoms with Crippen LogP contribution in [0.15, 0.2) is 12.1 Å². The monoisotopic (exact) mass is 267 g/mol. The van der Waals surface area contributed by atoms with Gasteiger partial charge in [0, 0.05) is 11.6 Å². The third-order valence-electron chi connectivity index (χ3n) is 4.14. The summed E-state index contributed by atoms with van der Waals surface area (Å²) in [6.07, 6.45) is 3.32. The van der Waals surface area contributed by atoms with Gasteiger partial charge in [-0.2, -0.15) is 0 Å². The van der Waals surface area contributed by atoms with Gasteiger partial charge < -0.3 is 5.32 Å². The lowest BCUT2D eigenvalue weighted by Gasteiger charge is -2.27. The van der Waals surface area contributed by atoms with E-state index in [0.717, 1.165) is 13.0 Å². The fourth-order valence-electron chi connectivity index (χ4n) is 2.71. The van der Waals surface area contributed by atoms with E-state index in [1.54, 1.807) is 6.92 Å². The van der Waals surface area contributed by atoms with E-state index >= 15 is 0 Å². The van der Waals surface area contributed by atoms with Crippen LogP contribution in [-0.4, -0.2) is 6.54 Å². The largest absolute Gasteiger partial charge is 0.310 e. The van der Waals surface area contributed by atoms with Crippen LogP contribution in [0.3, 0.4) is 0 Å². The van der Waals surface area contributed by atoms with E-state index in [-0.39, 0.29) is 23.3 Å². The Bertz CT molecular complexity index is 441. The van der Waals surface area contributed by atoms with Crippen LogP contribution >= 0.6 is 0 Å². The molecule has 0 saturated heterocycles. The molecule has 0 spiro atoms. The SMILES string of the molecule is CCCNC(c1c(F)ccc(C)c1F)C(C)C1CC1. The minimum absolute atomic E-state index is 0.215. The van der Waals surface area contributed by atoms with E-state index < -0.39 is 5.82 Å². The number of aryl methyl sites for hydroxylation is 1. The Balaban J connectivity index is 2.33. The lowest BCUT2D eigenvalue weighted by Crippen LogP contribution is -2.30. The molecule has 1 aliphatic carbocycles. The minimum atomic E-state index is -0.427. The van der Waals surface area contributed by atoms with Crippen molar-refractivity contribution < 1.29 is 8.78 Å². The van der Waals surface area contributed by atoms with E-state index in [9.17, 15) is 8.78 Å². The highest BCUT2D eigenvalue weighted by Gasteiger charge is 2.36. The van der Waals surface area contributed by atoms with Crippen molar-refractivity contribution in [3.8, 4) is 0 Å². The number of halogens is 2. The van der Waals surface area contributed by atoms with E-state index in [1.807, 2.05) is 0 Å². The summed E-state index contributed by atoms with van der Waals surface area (Å²) in [4.78, 5) is 0. The molecule has 1 aromatic carbocycles. The average molecular weight is 267 g/mol. The van der Waals surface area contributed by atoms with Gasteiger partial charge in [-0.05, 0) is 56.2 Å². The summed E-state index contributed by atoms with van der Waals surface area (Å²) in [5.41, 5.74) is 0.746. The summed E-state index contributed by atoms with van der Waals surface area (Å²) in [6.45, 7) is 6.65. The van der Waals surface area contributed by atoms with Gasteiger partial charge in [0.05, 0.1) is 0 Å². The van der Waals surface area contributed by atoms with Gasteiger partial charge in [-0.3, -0.25) is 0 Å². The van der Waals surface area contributed by atoms with Crippen LogP contribution in [0.2, 0.25) is 0 Å². The zero-order chi connectivity index (χ0) is 14.0. The minimum Gasteiger partial charge on any atom is -0.310 e. The number of rotatable bonds is 6. The molecule has 1 aromatic rings. The highest BCUT2D eigenvalue weighted by molar-refractivity contribution is 5.30. The normalized spacial score (nSPS) is 18.4. The molecule has 0 bridgehead atoms. The van der Waals surface area contributed by atoms with Crippen molar-refractivity contribution >= 4 is 0 Å². The molecule has 2 unspecified atom stereocenters. The highest BCUT2D eigenvalue weighted by Crippen LogP contribution is 2.43. The highest BCUT2D eigenvalue weighted by atomic mass is 19.1. The molecule has 1 fully saturated rings. The molecular weight excluding hydrogens is 244 g/mol. The molecule has 0 amide bonds. The van der Waals surface area contributed by atoms with Crippen molar-refractivity contribution in [1.29, 1.82) is 0 Å². The Kier molecular flexibility index (Phi) is 4.56. The number of hydrogen-bond acceptors (Lipinski definition) is 1. The van der Waals surface area contributed by atoms with Gasteiger partial charge in [0.1, 0.15) is 11.6 Å². The first kappa shape index (κ1) is 14.4.